The Kier molecular flexibility index (Phi) is 6.03. The summed E-state index contributed by atoms with van der Waals surface area (Å²) in [7, 11) is 0. The van der Waals surface area contributed by atoms with E-state index in [0.29, 0.717) is 0 Å². The zero-order valence-electron chi connectivity index (χ0n) is 10.2. The second-order valence-electron chi connectivity index (χ2n) is 3.73. The average Bonchev–Trinajstić information content (AvgIpc) is 2.30. The Bertz CT molecular complexity index is 453. The zero-order valence-corrected chi connectivity index (χ0v) is 11.1. The lowest BCUT2D eigenvalue weighted by Crippen LogP contribution is -2.45. The SMILES string of the molecule is CCOc1cccc([C@H](N)C(F)(F)C(F)(F)F)c1O.Cl. The van der Waals surface area contributed by atoms with E-state index in [2.05, 4.69) is 0 Å². The van der Waals surface area contributed by atoms with Gasteiger partial charge in [0.25, 0.3) is 0 Å². The van der Waals surface area contributed by atoms with E-state index in [1.165, 1.54) is 12.1 Å². The molecule has 1 rings (SSSR count). The van der Waals surface area contributed by atoms with Crippen molar-refractivity contribution in [3.05, 3.63) is 23.8 Å². The number of rotatable bonds is 4. The molecule has 3 nitrogen and oxygen atoms in total. The Morgan fingerprint density at radius 2 is 1.80 bits per heavy atom. The first kappa shape index (κ1) is 18.7. The summed E-state index contributed by atoms with van der Waals surface area (Å²) < 4.78 is 67.7. The fraction of sp³-hybridized carbons (Fsp3) is 0.455. The first-order valence-electron chi connectivity index (χ1n) is 5.27. The van der Waals surface area contributed by atoms with Crippen LogP contribution in [0.4, 0.5) is 22.0 Å². The van der Waals surface area contributed by atoms with Crippen molar-refractivity contribution in [2.75, 3.05) is 6.61 Å². The standard InChI is InChI=1S/C11H12F5NO2.ClH/c1-2-19-7-5-3-4-6(8(7)18)9(17)10(12,13)11(14,15)16;/h3-5,9,18H,2,17H2,1H3;1H/t9-;/m0./s1. The van der Waals surface area contributed by atoms with Crippen LogP contribution in [0.3, 0.4) is 0 Å². The molecule has 0 aliphatic carbocycles. The van der Waals surface area contributed by atoms with Crippen LogP contribution >= 0.6 is 12.4 Å². The molecule has 9 heteroatoms. The molecule has 3 N–H and O–H groups in total. The predicted molar refractivity (Wildman–Crippen MR) is 64.5 cm³/mol. The van der Waals surface area contributed by atoms with E-state index in [4.69, 9.17) is 10.5 Å². The molecular weight excluding hydrogens is 309 g/mol. The van der Waals surface area contributed by atoms with Crippen LogP contribution < -0.4 is 10.5 Å². The monoisotopic (exact) mass is 321 g/mol. The lowest BCUT2D eigenvalue weighted by atomic mass is 9.99. The van der Waals surface area contributed by atoms with Gasteiger partial charge in [-0.2, -0.15) is 22.0 Å². The normalized spacial score (nSPS) is 13.6. The number of benzene rings is 1. The van der Waals surface area contributed by atoms with Gasteiger partial charge in [-0.15, -0.1) is 12.4 Å². The van der Waals surface area contributed by atoms with E-state index in [1.807, 2.05) is 0 Å². The van der Waals surface area contributed by atoms with Crippen LogP contribution in [-0.2, 0) is 0 Å². The maximum absolute atomic E-state index is 13.1. The van der Waals surface area contributed by atoms with Crippen LogP contribution in [0.25, 0.3) is 0 Å². The van der Waals surface area contributed by atoms with Crippen LogP contribution in [0, 0.1) is 0 Å². The Labute approximate surface area is 117 Å². The van der Waals surface area contributed by atoms with Crippen molar-refractivity contribution in [1.29, 1.82) is 0 Å². The molecule has 0 spiro atoms. The number of ether oxygens (including phenoxy) is 1. The number of nitrogens with two attached hydrogens (primary N) is 1. The molecule has 0 aromatic heterocycles. The number of hydrogen-bond acceptors (Lipinski definition) is 3. The van der Waals surface area contributed by atoms with Crippen molar-refractivity contribution in [2.24, 2.45) is 5.73 Å². The molecule has 0 unspecified atom stereocenters. The third-order valence-electron chi connectivity index (χ3n) is 2.43. The van der Waals surface area contributed by atoms with E-state index in [1.54, 1.807) is 6.92 Å². The van der Waals surface area contributed by atoms with Crippen LogP contribution in [0.2, 0.25) is 0 Å². The maximum atomic E-state index is 13.1. The largest absolute Gasteiger partial charge is 0.504 e. The van der Waals surface area contributed by atoms with Crippen LogP contribution in [0.1, 0.15) is 18.5 Å². The third-order valence-corrected chi connectivity index (χ3v) is 2.43. The smallest absolute Gasteiger partial charge is 0.455 e. The maximum Gasteiger partial charge on any atom is 0.455 e. The predicted octanol–water partition coefficient (Wildman–Crippen LogP) is 3.41. The summed E-state index contributed by atoms with van der Waals surface area (Å²) in [6.45, 7) is 1.68. The minimum absolute atomic E-state index is 0. The Morgan fingerprint density at radius 3 is 2.25 bits per heavy atom. The number of phenols is 1. The minimum atomic E-state index is -5.81. The second-order valence-corrected chi connectivity index (χ2v) is 3.73. The Morgan fingerprint density at radius 1 is 1.25 bits per heavy atom. The first-order chi connectivity index (χ1) is 8.63. The number of alkyl halides is 5. The van der Waals surface area contributed by atoms with Gasteiger partial charge in [-0.3, -0.25) is 0 Å². The van der Waals surface area contributed by atoms with Crippen molar-refractivity contribution in [2.45, 2.75) is 25.1 Å². The van der Waals surface area contributed by atoms with E-state index < -0.39 is 29.5 Å². The summed E-state index contributed by atoms with van der Waals surface area (Å²) >= 11 is 0. The topological polar surface area (TPSA) is 55.5 Å². The number of hydrogen-bond donors (Lipinski definition) is 2. The third kappa shape index (κ3) is 3.43. The van der Waals surface area contributed by atoms with Crippen molar-refractivity contribution in [3.63, 3.8) is 0 Å². The molecule has 0 saturated heterocycles. The van der Waals surface area contributed by atoms with Crippen LogP contribution in [0.15, 0.2) is 18.2 Å². The summed E-state index contributed by atoms with van der Waals surface area (Å²) in [5.41, 5.74) is 4.21. The molecule has 1 aromatic rings. The van der Waals surface area contributed by atoms with Crippen molar-refractivity contribution in [3.8, 4) is 11.5 Å². The van der Waals surface area contributed by atoms with Crippen LogP contribution in [0.5, 0.6) is 11.5 Å². The Balaban J connectivity index is 0.00000361. The van der Waals surface area contributed by atoms with Crippen molar-refractivity contribution >= 4 is 12.4 Å². The van der Waals surface area contributed by atoms with E-state index >= 15 is 0 Å². The molecule has 116 valence electrons. The number of para-hydroxylation sites is 1. The van der Waals surface area contributed by atoms with Gasteiger partial charge < -0.3 is 15.6 Å². The molecule has 1 aromatic carbocycles. The van der Waals surface area contributed by atoms with Gasteiger partial charge in [-0.1, -0.05) is 12.1 Å². The molecule has 0 heterocycles. The summed E-state index contributed by atoms with van der Waals surface area (Å²) in [5.74, 6) is -6.18. The number of halogens is 6. The lowest BCUT2D eigenvalue weighted by Gasteiger charge is -2.26. The fourth-order valence-corrected chi connectivity index (χ4v) is 1.43. The van der Waals surface area contributed by atoms with E-state index in [-0.39, 0.29) is 24.8 Å². The molecule has 0 bridgehead atoms. The molecule has 0 aliphatic rings. The molecular formula is C11H13ClF5NO2. The van der Waals surface area contributed by atoms with Gasteiger partial charge in [0.15, 0.2) is 11.5 Å². The number of aromatic hydroxyl groups is 1. The van der Waals surface area contributed by atoms with Gasteiger partial charge >= 0.3 is 12.1 Å². The highest BCUT2D eigenvalue weighted by molar-refractivity contribution is 5.85. The summed E-state index contributed by atoms with van der Waals surface area (Å²) in [4.78, 5) is 0. The van der Waals surface area contributed by atoms with Gasteiger partial charge in [-0.25, -0.2) is 0 Å². The zero-order chi connectivity index (χ0) is 14.8. The quantitative estimate of drug-likeness (QED) is 0.836. The minimum Gasteiger partial charge on any atom is -0.504 e. The molecule has 20 heavy (non-hydrogen) atoms. The first-order valence-corrected chi connectivity index (χ1v) is 5.27. The summed E-state index contributed by atoms with van der Waals surface area (Å²) in [5, 5.41) is 9.61. The summed E-state index contributed by atoms with van der Waals surface area (Å²) in [6.07, 6.45) is -5.81. The van der Waals surface area contributed by atoms with Crippen LogP contribution in [-0.4, -0.2) is 23.8 Å². The van der Waals surface area contributed by atoms with Gasteiger partial charge in [0.1, 0.15) is 6.04 Å². The molecule has 0 amide bonds. The van der Waals surface area contributed by atoms with Gasteiger partial charge in [-0.05, 0) is 13.0 Å². The second kappa shape index (κ2) is 6.45. The molecule has 0 aliphatic heterocycles. The summed E-state index contributed by atoms with van der Waals surface area (Å²) in [6, 6.07) is 0.586. The van der Waals surface area contributed by atoms with Gasteiger partial charge in [0.05, 0.1) is 6.61 Å². The van der Waals surface area contributed by atoms with Crippen molar-refractivity contribution in [1.82, 2.24) is 0 Å². The molecule has 0 radical (unpaired) electrons. The molecule has 0 fully saturated rings. The Hall–Kier alpha value is -1.28. The lowest BCUT2D eigenvalue weighted by molar-refractivity contribution is -0.291. The molecule has 1 atom stereocenters. The van der Waals surface area contributed by atoms with E-state index in [9.17, 15) is 27.1 Å². The highest BCUT2D eigenvalue weighted by Gasteiger charge is 2.62. The van der Waals surface area contributed by atoms with Crippen molar-refractivity contribution < 1.29 is 31.8 Å². The van der Waals surface area contributed by atoms with E-state index in [0.717, 1.165) is 6.07 Å². The highest BCUT2D eigenvalue weighted by atomic mass is 35.5. The highest BCUT2D eigenvalue weighted by Crippen LogP contribution is 2.46. The fourth-order valence-electron chi connectivity index (χ4n) is 1.43. The molecule has 0 saturated carbocycles. The number of phenolic OH excluding ortho intramolecular Hbond substituents is 1. The van der Waals surface area contributed by atoms with Gasteiger partial charge in [0.2, 0.25) is 0 Å². The average molecular weight is 322 g/mol. The van der Waals surface area contributed by atoms with Gasteiger partial charge in [0, 0.05) is 5.56 Å².